The summed E-state index contributed by atoms with van der Waals surface area (Å²) < 4.78 is 237. The van der Waals surface area contributed by atoms with Gasteiger partial charge in [-0.25, -0.2) is 40.7 Å². The summed E-state index contributed by atoms with van der Waals surface area (Å²) in [6.45, 7) is 2.85. The van der Waals surface area contributed by atoms with Crippen LogP contribution in [-0.4, -0.2) is 141 Å². The molecule has 1 fully saturated rings. The summed E-state index contributed by atoms with van der Waals surface area (Å²) in [6, 6.07) is 30.2. The van der Waals surface area contributed by atoms with Crippen LogP contribution in [0.3, 0.4) is 0 Å². The first-order valence-electron chi connectivity index (χ1n) is 39.6. The number of alkyl halides is 9. The Bertz CT molecular complexity index is 6450. The van der Waals surface area contributed by atoms with E-state index in [4.69, 9.17) is 67.9 Å². The van der Waals surface area contributed by atoms with Gasteiger partial charge in [0.2, 0.25) is 6.04 Å². The minimum absolute atomic E-state index is 0.0549. The van der Waals surface area contributed by atoms with Crippen LogP contribution in [0, 0.1) is 63.5 Å². The van der Waals surface area contributed by atoms with Crippen LogP contribution in [0.25, 0.3) is 66.1 Å². The number of nitrogens with zero attached hydrogens (tertiary/aromatic N) is 5. The Morgan fingerprint density at radius 1 is 0.459 bits per heavy atom. The van der Waals surface area contributed by atoms with Crippen molar-refractivity contribution in [3.05, 3.63) is 271 Å². The summed E-state index contributed by atoms with van der Waals surface area (Å²) in [5, 5.41) is 30.5. The van der Waals surface area contributed by atoms with Crippen molar-refractivity contribution in [2.45, 2.75) is 94.4 Å². The summed E-state index contributed by atoms with van der Waals surface area (Å²) in [5.41, 5.74) is 8.61. The number of amides is 3. The number of esters is 3. The third-order valence-electron chi connectivity index (χ3n) is 20.9. The summed E-state index contributed by atoms with van der Waals surface area (Å²) in [7, 11) is 6.33. The van der Waals surface area contributed by atoms with Gasteiger partial charge < -0.3 is 60.7 Å². The summed E-state index contributed by atoms with van der Waals surface area (Å²) in [5.74, 6) is -15.0. The second-order valence-corrected chi connectivity index (χ2v) is 30.4. The smallest absolute Gasteiger partial charge is 0.417 e. The molecule has 3 amide bonds. The maximum absolute atomic E-state index is 15.0. The molecule has 9 aromatic carbocycles. The van der Waals surface area contributed by atoms with Gasteiger partial charge in [-0.15, -0.1) is 0 Å². The number of methoxy groups -OCH3 is 5. The van der Waals surface area contributed by atoms with Gasteiger partial charge in [0.25, 0.3) is 17.7 Å². The highest BCUT2D eigenvalue weighted by atomic mass is 35.5. The minimum atomic E-state index is -5.86. The predicted octanol–water partition coefficient (Wildman–Crippen LogP) is 18.9. The van der Waals surface area contributed by atoms with Gasteiger partial charge >= 0.3 is 36.4 Å². The van der Waals surface area contributed by atoms with E-state index in [0.717, 1.165) is 44.3 Å². The number of anilines is 3. The molecule has 692 valence electrons. The normalized spacial score (nSPS) is 12.9. The number of hydrogen-bond donors (Lipinski definition) is 6. The lowest BCUT2D eigenvalue weighted by atomic mass is 9.93. The van der Waals surface area contributed by atoms with Gasteiger partial charge in [-0.1, -0.05) is 89.9 Å². The topological polar surface area (TPSA) is 330 Å². The van der Waals surface area contributed by atoms with Crippen LogP contribution in [-0.2, 0) is 59.2 Å². The number of carbonyl (C=O) groups excluding carboxylic acids is 6. The lowest BCUT2D eigenvalue weighted by Crippen LogP contribution is -2.48. The Labute approximate surface area is 756 Å². The summed E-state index contributed by atoms with van der Waals surface area (Å²) in [6.07, 6.45) is -11.6. The molecule has 1 saturated carbocycles. The van der Waals surface area contributed by atoms with E-state index in [9.17, 15) is 85.8 Å². The number of aromatic nitrogens is 3. The molecule has 0 bridgehead atoms. The number of nitrogens with one attached hydrogen (secondary N) is 5. The van der Waals surface area contributed by atoms with Crippen LogP contribution in [0.4, 0.5) is 82.9 Å². The molecule has 1 aliphatic rings. The van der Waals surface area contributed by atoms with Crippen LogP contribution in [0.15, 0.2) is 176 Å². The molecule has 7 N–H and O–H groups in total. The number of hydrogen-bond acceptors (Lipinski definition) is 20. The van der Waals surface area contributed by atoms with E-state index in [1.54, 1.807) is 112 Å². The van der Waals surface area contributed by atoms with E-state index in [1.807, 2.05) is 43.3 Å². The number of benzene rings is 9. The molecular weight excluding hydrogens is 1820 g/mol. The predicted molar refractivity (Wildman–Crippen MR) is 460 cm³/mol. The molecule has 0 spiro atoms. The Balaban J connectivity index is 0.000000192. The molecular formula is C93H74Cl2F15N11O12. The van der Waals surface area contributed by atoms with E-state index in [2.05, 4.69) is 36.2 Å². The van der Waals surface area contributed by atoms with Crippen molar-refractivity contribution in [2.24, 2.45) is 5.92 Å². The van der Waals surface area contributed by atoms with E-state index in [-0.39, 0.29) is 42.1 Å². The van der Waals surface area contributed by atoms with Crippen molar-refractivity contribution >= 4 is 109 Å². The van der Waals surface area contributed by atoms with Crippen LogP contribution in [0.5, 0.6) is 11.5 Å². The zero-order valence-corrected chi connectivity index (χ0v) is 71.8. The number of carbonyl (C=O) groups is 6. The fourth-order valence-electron chi connectivity index (χ4n) is 14.5. The maximum Gasteiger partial charge on any atom is 0.417 e. The number of nitrogens with two attached hydrogens (primary N) is 1. The molecule has 0 radical (unpaired) electrons. The van der Waals surface area contributed by atoms with Crippen molar-refractivity contribution in [1.29, 1.82) is 10.5 Å². The first-order valence-corrected chi connectivity index (χ1v) is 40.4. The third kappa shape index (κ3) is 23.5. The van der Waals surface area contributed by atoms with Crippen LogP contribution in [0.1, 0.15) is 84.2 Å². The Kier molecular flexibility index (Phi) is 31.7. The molecule has 12 aromatic rings. The van der Waals surface area contributed by atoms with Gasteiger partial charge in [-0.05, 0) is 139 Å². The molecule has 1 unspecified atom stereocenters. The van der Waals surface area contributed by atoms with Crippen LogP contribution < -0.4 is 41.8 Å². The van der Waals surface area contributed by atoms with E-state index in [0.29, 0.717) is 149 Å². The molecule has 13 rings (SSSR count). The largest absolute Gasteiger partial charge is 0.496 e. The molecule has 3 aromatic heterocycles. The van der Waals surface area contributed by atoms with Crippen LogP contribution >= 0.6 is 23.2 Å². The first kappa shape index (κ1) is 99.1. The Morgan fingerprint density at radius 2 is 0.797 bits per heavy atom. The van der Waals surface area contributed by atoms with Crippen molar-refractivity contribution in [2.75, 3.05) is 58.5 Å². The highest BCUT2D eigenvalue weighted by Gasteiger charge is 2.57. The second kappa shape index (κ2) is 42.6. The number of fused-ring (bicyclic) bond motifs is 3. The van der Waals surface area contributed by atoms with Crippen LogP contribution in [0.2, 0.25) is 10.0 Å². The SMILES string of the molecule is CCOCc1cc(OC)c(-c2ccc(C[C@H](NC(=O)c3c(F)cc(N)cc3F)C(=O)OC)c3cccnc23)c(OC)c1.COC(=O)[C@H](Cc1ccc(-c2ccc(C#N)cc2Cl)c2ncccc12)NC(=O)c1c(F)cc(NC(C(F)(F)F)C(F)(F)F)cc1F.COC(=O)[C@H](Cc1ccc(-c2ccc(C#N)cc2Cl)c2ncccc12)NC(=O)c1c(F)cc(NC(C2CC2)C(F)(F)F)cc1F. The van der Waals surface area contributed by atoms with Gasteiger partial charge in [0.1, 0.15) is 87.3 Å². The quantitative estimate of drug-likeness (QED) is 0.0115. The lowest BCUT2D eigenvalue weighted by molar-refractivity contribution is -0.242. The monoisotopic (exact) mass is 1890 g/mol. The third-order valence-corrected chi connectivity index (χ3v) is 21.5. The van der Waals surface area contributed by atoms with Crippen molar-refractivity contribution in [3.8, 4) is 57.0 Å². The fraction of sp³-hybridized carbons (Fsp3) is 0.237. The molecule has 0 aliphatic heterocycles. The fourth-order valence-corrected chi connectivity index (χ4v) is 15.1. The number of nitriles is 2. The summed E-state index contributed by atoms with van der Waals surface area (Å²) in [4.78, 5) is 90.4. The number of halogens is 17. The number of rotatable bonds is 28. The van der Waals surface area contributed by atoms with Gasteiger partial charge in [-0.2, -0.15) is 50.0 Å². The molecule has 1 aliphatic carbocycles. The standard InChI is InChI=1S/C32H24ClF5N4O3.C31H31F2N3O6.C30H19ClF8N4O3/c1-45-31(44)26(42-30(43)27-24(34)13-19(14-25(27)35)41-29(17-5-6-17)32(36,37)38)12-18-7-9-22(28-20(18)3-2-10-40-28)21-8-4-16(15-39)11-23(21)33;1-5-42-16-17-11-25(39-2)27(26(12-17)40-3)21-9-8-18(20-7-6-10-35-29(20)21)13-24(31(38)41-4)36-30(37)28-22(32)14-19(34)15-23(28)33;1-46-27(45)23(43-26(44)24-21(32)11-16(12-22(24)33)42-28(29(34,35)36)30(37,38)39)10-15-5-7-19(25-17(15)3-2-8-41-25)18-6-4-14(13-40)9-20(18)31/h2-4,7-11,13-14,17,26,29,41H,5-6,12H2,1H3,(H,42,43);6-12,14-15,24H,5,13,16,34H2,1-4H3,(H,36,37);2-9,11-12,23,28,42H,10H2,1H3,(H,43,44)/t26-,29?;24-;23-/m000/s1. The molecule has 23 nitrogen and oxygen atoms in total. The lowest BCUT2D eigenvalue weighted by Gasteiger charge is -2.25. The zero-order chi connectivity index (χ0) is 96.8. The number of ether oxygens (including phenoxy) is 6. The van der Waals surface area contributed by atoms with Crippen molar-refractivity contribution in [3.63, 3.8) is 0 Å². The highest BCUT2D eigenvalue weighted by Crippen LogP contribution is 2.46. The Hall–Kier alpha value is -14.5. The average Bonchev–Trinajstić information content (AvgIpc) is 1.66. The molecule has 40 heteroatoms. The molecule has 133 heavy (non-hydrogen) atoms. The average molecular weight is 1890 g/mol. The van der Waals surface area contributed by atoms with Gasteiger partial charge in [0, 0.05) is 116 Å². The van der Waals surface area contributed by atoms with Gasteiger partial charge in [0.15, 0.2) is 0 Å². The first-order chi connectivity index (χ1) is 63.2. The van der Waals surface area contributed by atoms with Crippen molar-refractivity contribution < 1.29 is 123 Å². The van der Waals surface area contributed by atoms with E-state index < -0.39 is 153 Å². The Morgan fingerprint density at radius 3 is 1.11 bits per heavy atom. The zero-order valence-electron chi connectivity index (χ0n) is 70.3. The second-order valence-electron chi connectivity index (χ2n) is 29.6. The van der Waals surface area contributed by atoms with Gasteiger partial charge in [-0.3, -0.25) is 29.3 Å². The minimum Gasteiger partial charge on any atom is -0.496 e. The summed E-state index contributed by atoms with van der Waals surface area (Å²) >= 11 is 12.8. The maximum atomic E-state index is 15.0. The van der Waals surface area contributed by atoms with E-state index >= 15 is 8.78 Å². The number of nitrogen functional groups attached to an aromatic ring is 1. The molecule has 3 heterocycles. The molecule has 0 saturated heterocycles. The highest BCUT2D eigenvalue weighted by molar-refractivity contribution is 6.34. The van der Waals surface area contributed by atoms with E-state index in [1.165, 1.54) is 18.3 Å². The molecule has 4 atom stereocenters. The van der Waals surface area contributed by atoms with Gasteiger partial charge in [0.05, 0.1) is 87.5 Å². The number of pyridine rings is 3. The van der Waals surface area contributed by atoms with Crippen molar-refractivity contribution in [1.82, 2.24) is 30.9 Å².